The first kappa shape index (κ1) is 19.6. The molecule has 2 fully saturated rings. The molecule has 2 aliphatic heterocycles. The fourth-order valence-electron chi connectivity index (χ4n) is 5.35. The third kappa shape index (κ3) is 3.49. The fourth-order valence-corrected chi connectivity index (χ4v) is 5.35. The Kier molecular flexibility index (Phi) is 4.81. The predicted octanol–water partition coefficient (Wildman–Crippen LogP) is 4.74. The molecule has 2 aromatic carbocycles. The molecule has 2 aromatic rings. The van der Waals surface area contributed by atoms with E-state index in [1.54, 1.807) is 12.1 Å². The number of fused-ring (bicyclic) bond motifs is 2. The lowest BCUT2D eigenvalue weighted by atomic mass is 9.74. The Morgan fingerprint density at radius 3 is 2.63 bits per heavy atom. The molecule has 1 atom stereocenters. The molecule has 5 rings (SSSR count). The maximum Gasteiger partial charge on any atom is 0.310 e. The van der Waals surface area contributed by atoms with Crippen molar-refractivity contribution in [2.45, 2.75) is 45.1 Å². The van der Waals surface area contributed by atoms with E-state index in [-0.39, 0.29) is 11.7 Å². The summed E-state index contributed by atoms with van der Waals surface area (Å²) >= 11 is 0. The lowest BCUT2D eigenvalue weighted by Crippen LogP contribution is -2.41. The number of carbonyl (C=O) groups is 1. The highest BCUT2D eigenvalue weighted by Gasteiger charge is 2.51. The molecule has 0 radical (unpaired) electrons. The zero-order valence-corrected chi connectivity index (χ0v) is 17.4. The minimum Gasteiger partial charge on any atom is -0.489 e. The fraction of sp³-hybridized carbons (Fsp3) is 0.480. The van der Waals surface area contributed by atoms with E-state index in [9.17, 15) is 14.3 Å². The smallest absolute Gasteiger partial charge is 0.310 e. The van der Waals surface area contributed by atoms with Crippen molar-refractivity contribution in [2.24, 2.45) is 11.3 Å². The predicted molar refractivity (Wildman–Crippen MR) is 112 cm³/mol. The van der Waals surface area contributed by atoms with Crippen LogP contribution in [0.25, 0.3) is 0 Å². The van der Waals surface area contributed by atoms with Crippen molar-refractivity contribution in [3.05, 3.63) is 64.5 Å². The molecule has 0 aromatic heterocycles. The van der Waals surface area contributed by atoms with Crippen molar-refractivity contribution in [1.82, 2.24) is 4.90 Å². The van der Waals surface area contributed by atoms with Gasteiger partial charge in [0, 0.05) is 18.0 Å². The van der Waals surface area contributed by atoms with Gasteiger partial charge in [-0.05, 0) is 80.9 Å². The maximum absolute atomic E-state index is 14.2. The van der Waals surface area contributed by atoms with Crippen molar-refractivity contribution >= 4 is 5.97 Å². The number of aliphatic carboxylic acids is 1. The van der Waals surface area contributed by atoms with Gasteiger partial charge in [0.2, 0.25) is 0 Å². The summed E-state index contributed by atoms with van der Waals surface area (Å²) in [7, 11) is 0. The third-order valence-electron chi connectivity index (χ3n) is 7.26. The minimum absolute atomic E-state index is 0.102. The van der Waals surface area contributed by atoms with E-state index in [1.165, 1.54) is 22.8 Å². The van der Waals surface area contributed by atoms with Crippen LogP contribution in [0, 0.1) is 24.1 Å². The molecule has 3 aliphatic rings. The summed E-state index contributed by atoms with van der Waals surface area (Å²) in [5, 5.41) is 9.51. The number of aryl methyl sites for hydroxylation is 1. The Hall–Kier alpha value is -2.40. The number of halogens is 1. The molecule has 0 amide bonds. The Morgan fingerprint density at radius 2 is 1.93 bits per heavy atom. The monoisotopic (exact) mass is 409 g/mol. The van der Waals surface area contributed by atoms with E-state index in [1.807, 2.05) is 0 Å². The van der Waals surface area contributed by atoms with Crippen LogP contribution in [0.1, 0.15) is 53.9 Å². The van der Waals surface area contributed by atoms with Crippen molar-refractivity contribution in [3.63, 3.8) is 0 Å². The van der Waals surface area contributed by atoms with Gasteiger partial charge in [0.25, 0.3) is 0 Å². The van der Waals surface area contributed by atoms with E-state index >= 15 is 0 Å². The molecule has 5 heteroatoms. The van der Waals surface area contributed by atoms with Crippen LogP contribution < -0.4 is 4.74 Å². The number of hydrogen-bond donors (Lipinski definition) is 1. The highest BCUT2D eigenvalue weighted by Crippen LogP contribution is 2.48. The quantitative estimate of drug-likeness (QED) is 0.793. The Morgan fingerprint density at radius 1 is 1.17 bits per heavy atom. The van der Waals surface area contributed by atoms with E-state index < -0.39 is 11.4 Å². The number of nitrogens with zero attached hydrogens (tertiary/aromatic N) is 1. The Bertz CT molecular complexity index is 976. The second-order valence-electron chi connectivity index (χ2n) is 9.35. The lowest BCUT2D eigenvalue weighted by molar-refractivity contribution is -0.144. The van der Waals surface area contributed by atoms with Crippen molar-refractivity contribution in [1.29, 1.82) is 0 Å². The topological polar surface area (TPSA) is 49.8 Å². The van der Waals surface area contributed by atoms with Crippen LogP contribution >= 0.6 is 0 Å². The van der Waals surface area contributed by atoms with Gasteiger partial charge in [-0.1, -0.05) is 23.8 Å². The molecular formula is C25H28FNO3. The Balaban J connectivity index is 1.42. The number of hydrogen-bond acceptors (Lipinski definition) is 3. The zero-order valence-electron chi connectivity index (χ0n) is 17.4. The zero-order chi connectivity index (χ0) is 20.9. The largest absolute Gasteiger partial charge is 0.489 e. The second kappa shape index (κ2) is 7.38. The van der Waals surface area contributed by atoms with Crippen LogP contribution in [0.15, 0.2) is 36.4 Å². The van der Waals surface area contributed by atoms with E-state index in [0.29, 0.717) is 19.1 Å². The minimum atomic E-state index is -0.653. The summed E-state index contributed by atoms with van der Waals surface area (Å²) in [4.78, 5) is 13.9. The standard InChI is InChI=1S/C25H28FNO3/c1-16-2-4-20-18(12-16)14-30-22-5-3-19(26)13-21(22)23(20)17-6-10-27(11-7-17)15-25(8-9-25)24(28)29/h2-5,12-13,17,23H,6-11,14-15H2,1H3,(H,28,29). The summed E-state index contributed by atoms with van der Waals surface area (Å²) in [5.41, 5.74) is 4.06. The van der Waals surface area contributed by atoms with Gasteiger partial charge in [-0.15, -0.1) is 0 Å². The van der Waals surface area contributed by atoms with Crippen molar-refractivity contribution in [3.8, 4) is 5.75 Å². The van der Waals surface area contributed by atoms with Crippen LogP contribution in [-0.4, -0.2) is 35.6 Å². The summed E-state index contributed by atoms with van der Waals surface area (Å²) in [6, 6.07) is 11.4. The first-order chi connectivity index (χ1) is 14.4. The molecule has 0 bridgehead atoms. The second-order valence-corrected chi connectivity index (χ2v) is 9.35. The molecule has 30 heavy (non-hydrogen) atoms. The van der Waals surface area contributed by atoms with E-state index in [4.69, 9.17) is 4.74 Å². The number of carboxylic acid groups (broad SMARTS) is 1. The van der Waals surface area contributed by atoms with Crippen LogP contribution in [0.2, 0.25) is 0 Å². The number of piperidine rings is 1. The highest BCUT2D eigenvalue weighted by molar-refractivity contribution is 5.78. The summed E-state index contributed by atoms with van der Waals surface area (Å²) < 4.78 is 20.3. The number of ether oxygens (including phenoxy) is 1. The van der Waals surface area contributed by atoms with Crippen LogP contribution in [-0.2, 0) is 11.4 Å². The van der Waals surface area contributed by atoms with Gasteiger partial charge in [-0.25, -0.2) is 4.39 Å². The van der Waals surface area contributed by atoms with Gasteiger partial charge in [0.15, 0.2) is 0 Å². The van der Waals surface area contributed by atoms with Crippen LogP contribution in [0.5, 0.6) is 5.75 Å². The first-order valence-corrected chi connectivity index (χ1v) is 10.9. The molecule has 1 saturated heterocycles. The van der Waals surface area contributed by atoms with Crippen molar-refractivity contribution in [2.75, 3.05) is 19.6 Å². The van der Waals surface area contributed by atoms with E-state index in [0.717, 1.165) is 50.1 Å². The van der Waals surface area contributed by atoms with Gasteiger partial charge < -0.3 is 14.7 Å². The van der Waals surface area contributed by atoms with Gasteiger partial charge >= 0.3 is 5.97 Å². The molecule has 1 N–H and O–H groups in total. The summed E-state index contributed by atoms with van der Waals surface area (Å²) in [6.07, 6.45) is 3.54. The average Bonchev–Trinajstić information content (AvgIpc) is 3.52. The molecule has 2 heterocycles. The molecule has 1 saturated carbocycles. The van der Waals surface area contributed by atoms with Crippen LogP contribution in [0.3, 0.4) is 0 Å². The number of likely N-dealkylation sites (tertiary alicyclic amines) is 1. The summed E-state index contributed by atoms with van der Waals surface area (Å²) in [5.74, 6) is 0.377. The number of carboxylic acids is 1. The summed E-state index contributed by atoms with van der Waals surface area (Å²) in [6.45, 7) is 5.03. The first-order valence-electron chi connectivity index (χ1n) is 10.9. The van der Waals surface area contributed by atoms with E-state index in [2.05, 4.69) is 30.0 Å². The van der Waals surface area contributed by atoms with Crippen molar-refractivity contribution < 1.29 is 19.0 Å². The molecule has 1 unspecified atom stereocenters. The number of benzene rings is 2. The number of rotatable bonds is 4. The molecule has 1 aliphatic carbocycles. The molecule has 158 valence electrons. The normalized spacial score (nSPS) is 23.1. The highest BCUT2D eigenvalue weighted by atomic mass is 19.1. The Labute approximate surface area is 176 Å². The lowest BCUT2D eigenvalue weighted by Gasteiger charge is -2.37. The molecular weight excluding hydrogens is 381 g/mol. The maximum atomic E-state index is 14.2. The van der Waals surface area contributed by atoms with Gasteiger partial charge in [0.1, 0.15) is 18.2 Å². The van der Waals surface area contributed by atoms with Gasteiger partial charge in [-0.2, -0.15) is 0 Å². The third-order valence-corrected chi connectivity index (χ3v) is 7.26. The average molecular weight is 410 g/mol. The molecule has 4 nitrogen and oxygen atoms in total. The molecule has 0 spiro atoms. The van der Waals surface area contributed by atoms with Crippen LogP contribution in [0.4, 0.5) is 4.39 Å². The van der Waals surface area contributed by atoms with Gasteiger partial charge in [0.05, 0.1) is 5.41 Å². The SMILES string of the molecule is Cc1ccc2c(c1)COc1ccc(F)cc1C2C1CCN(CC2(C(=O)O)CC2)CC1. The van der Waals surface area contributed by atoms with Gasteiger partial charge in [-0.3, -0.25) is 4.79 Å².